The summed E-state index contributed by atoms with van der Waals surface area (Å²) in [4.78, 5) is 11.1. The molecule has 0 bridgehead atoms. The van der Waals surface area contributed by atoms with Crippen LogP contribution < -0.4 is 0 Å². The third kappa shape index (κ3) is 3.65. The zero-order valence-corrected chi connectivity index (χ0v) is 9.18. The minimum Gasteiger partial charge on any atom is -0.465 e. The number of hydrogen-bond acceptors (Lipinski definition) is 4. The fourth-order valence-corrected chi connectivity index (χ4v) is 2.58. The Bertz CT molecular complexity index is 290. The van der Waals surface area contributed by atoms with E-state index in [4.69, 9.17) is 4.74 Å². The molecule has 0 saturated heterocycles. The lowest BCUT2D eigenvalue weighted by molar-refractivity contribution is -0.140. The van der Waals surface area contributed by atoms with Crippen molar-refractivity contribution in [1.29, 1.82) is 0 Å². The Morgan fingerprint density at radius 1 is 1.43 bits per heavy atom. The maximum absolute atomic E-state index is 11.3. The van der Waals surface area contributed by atoms with Crippen molar-refractivity contribution in [3.63, 3.8) is 0 Å². The second-order valence-electron chi connectivity index (χ2n) is 3.58. The van der Waals surface area contributed by atoms with Crippen molar-refractivity contribution < 1.29 is 17.9 Å². The minimum absolute atomic E-state index is 0.277. The molecule has 0 aromatic heterocycles. The highest BCUT2D eigenvalue weighted by molar-refractivity contribution is 7.92. The average Bonchev–Trinajstić information content (AvgIpc) is 2.85. The van der Waals surface area contributed by atoms with Gasteiger partial charge < -0.3 is 4.74 Å². The summed E-state index contributed by atoms with van der Waals surface area (Å²) in [6.07, 6.45) is 3.12. The Hall–Kier alpha value is -0.580. The highest BCUT2D eigenvalue weighted by Gasteiger charge is 2.37. The Kier molecular flexibility index (Phi) is 3.92. The monoisotopic (exact) mass is 220 g/mol. The van der Waals surface area contributed by atoms with Gasteiger partial charge in [-0.1, -0.05) is 13.3 Å². The van der Waals surface area contributed by atoms with E-state index in [1.54, 1.807) is 0 Å². The highest BCUT2D eigenvalue weighted by atomic mass is 32.2. The van der Waals surface area contributed by atoms with Crippen molar-refractivity contribution in [2.75, 3.05) is 12.4 Å². The van der Waals surface area contributed by atoms with Gasteiger partial charge >= 0.3 is 5.97 Å². The quantitative estimate of drug-likeness (QED) is 0.493. The first-order chi connectivity index (χ1) is 6.56. The molecule has 0 radical (unpaired) electrons. The van der Waals surface area contributed by atoms with Gasteiger partial charge in [0.05, 0.1) is 11.9 Å². The van der Waals surface area contributed by atoms with E-state index >= 15 is 0 Å². The van der Waals surface area contributed by atoms with Crippen molar-refractivity contribution in [2.45, 2.75) is 37.9 Å². The molecule has 0 amide bonds. The summed E-state index contributed by atoms with van der Waals surface area (Å²) in [6.45, 7) is 2.31. The van der Waals surface area contributed by atoms with Crippen LogP contribution in [0.5, 0.6) is 0 Å². The van der Waals surface area contributed by atoms with Crippen LogP contribution in [0.2, 0.25) is 0 Å². The van der Waals surface area contributed by atoms with E-state index in [1.807, 2.05) is 6.92 Å². The molecule has 0 aliphatic heterocycles. The van der Waals surface area contributed by atoms with Crippen LogP contribution in [0.25, 0.3) is 0 Å². The summed E-state index contributed by atoms with van der Waals surface area (Å²) < 4.78 is 27.4. The predicted molar refractivity (Wildman–Crippen MR) is 52.7 cm³/mol. The second kappa shape index (κ2) is 4.77. The topological polar surface area (TPSA) is 60.4 Å². The van der Waals surface area contributed by atoms with Gasteiger partial charge in [0.25, 0.3) is 0 Å². The van der Waals surface area contributed by atoms with Crippen molar-refractivity contribution in [3.05, 3.63) is 0 Å². The fourth-order valence-electron chi connectivity index (χ4n) is 1.08. The molecule has 5 heteroatoms. The Balaban J connectivity index is 2.26. The molecule has 0 atom stereocenters. The van der Waals surface area contributed by atoms with Gasteiger partial charge in [0.15, 0.2) is 9.84 Å². The van der Waals surface area contributed by atoms with Crippen LogP contribution in [0.4, 0.5) is 0 Å². The predicted octanol–water partition coefficient (Wildman–Crippen LogP) is 0.907. The largest absolute Gasteiger partial charge is 0.465 e. The van der Waals surface area contributed by atoms with Gasteiger partial charge in [-0.3, -0.25) is 4.79 Å². The third-order valence-corrected chi connectivity index (χ3v) is 4.24. The van der Waals surface area contributed by atoms with Gasteiger partial charge in [0.1, 0.15) is 5.75 Å². The zero-order chi connectivity index (χ0) is 10.6. The van der Waals surface area contributed by atoms with Gasteiger partial charge in [0.2, 0.25) is 0 Å². The van der Waals surface area contributed by atoms with E-state index < -0.39 is 21.6 Å². The molecule has 1 rings (SSSR count). The molecule has 82 valence electrons. The molecule has 4 nitrogen and oxygen atoms in total. The van der Waals surface area contributed by atoms with E-state index in [2.05, 4.69) is 0 Å². The maximum atomic E-state index is 11.3. The summed E-state index contributed by atoms with van der Waals surface area (Å²) in [6, 6.07) is 0. The van der Waals surface area contributed by atoms with Crippen LogP contribution in [-0.2, 0) is 19.4 Å². The number of hydrogen-bond donors (Lipinski definition) is 0. The Morgan fingerprint density at radius 2 is 2.07 bits per heavy atom. The molecule has 14 heavy (non-hydrogen) atoms. The normalized spacial score (nSPS) is 16.6. The highest BCUT2D eigenvalue weighted by Crippen LogP contribution is 2.28. The summed E-state index contributed by atoms with van der Waals surface area (Å²) in [7, 11) is -3.20. The second-order valence-corrected chi connectivity index (χ2v) is 5.86. The van der Waals surface area contributed by atoms with Crippen LogP contribution in [0, 0.1) is 0 Å². The fraction of sp³-hybridized carbons (Fsp3) is 0.889. The smallest absolute Gasteiger partial charge is 0.321 e. The van der Waals surface area contributed by atoms with Crippen LogP contribution in [-0.4, -0.2) is 32.0 Å². The molecule has 0 N–H and O–H groups in total. The van der Waals surface area contributed by atoms with Crippen molar-refractivity contribution in [3.8, 4) is 0 Å². The van der Waals surface area contributed by atoms with Crippen molar-refractivity contribution in [2.24, 2.45) is 0 Å². The molecule has 1 saturated carbocycles. The first-order valence-corrected chi connectivity index (χ1v) is 6.65. The molecule has 1 fully saturated rings. The van der Waals surface area contributed by atoms with Crippen LogP contribution in [0.15, 0.2) is 0 Å². The number of ether oxygens (including phenoxy) is 1. The van der Waals surface area contributed by atoms with E-state index in [-0.39, 0.29) is 5.25 Å². The molecular weight excluding hydrogens is 204 g/mol. The average molecular weight is 220 g/mol. The lowest BCUT2D eigenvalue weighted by atomic mass is 10.4. The Morgan fingerprint density at radius 3 is 2.57 bits per heavy atom. The molecule has 0 unspecified atom stereocenters. The van der Waals surface area contributed by atoms with E-state index in [0.717, 1.165) is 12.8 Å². The molecular formula is C9H16O4S. The number of esters is 1. The lowest BCUT2D eigenvalue weighted by Crippen LogP contribution is -2.21. The maximum Gasteiger partial charge on any atom is 0.321 e. The number of carbonyl (C=O) groups is 1. The van der Waals surface area contributed by atoms with Gasteiger partial charge in [-0.05, 0) is 19.3 Å². The summed E-state index contributed by atoms with van der Waals surface area (Å²) >= 11 is 0. The number of rotatable bonds is 6. The van der Waals surface area contributed by atoms with Crippen molar-refractivity contribution >= 4 is 15.8 Å². The van der Waals surface area contributed by atoms with E-state index in [0.29, 0.717) is 19.4 Å². The number of sulfone groups is 1. The van der Waals surface area contributed by atoms with Gasteiger partial charge in [-0.15, -0.1) is 0 Å². The molecule has 1 aliphatic carbocycles. The minimum atomic E-state index is -3.20. The molecule has 0 aromatic carbocycles. The van der Waals surface area contributed by atoms with Gasteiger partial charge in [-0.2, -0.15) is 0 Å². The van der Waals surface area contributed by atoms with Gasteiger partial charge in [0, 0.05) is 0 Å². The third-order valence-electron chi connectivity index (χ3n) is 2.11. The van der Waals surface area contributed by atoms with Crippen LogP contribution in [0.1, 0.15) is 32.6 Å². The lowest BCUT2D eigenvalue weighted by Gasteiger charge is -2.03. The molecule has 0 aromatic rings. The molecule has 0 heterocycles. The first kappa shape index (κ1) is 11.5. The summed E-state index contributed by atoms with van der Waals surface area (Å²) in [5, 5.41) is -0.277. The first-order valence-electron chi connectivity index (χ1n) is 4.93. The SMILES string of the molecule is CCCCOC(=O)CS(=O)(=O)C1CC1. The van der Waals surface area contributed by atoms with E-state index in [1.165, 1.54) is 0 Å². The van der Waals surface area contributed by atoms with Crippen LogP contribution >= 0.6 is 0 Å². The standard InChI is InChI=1S/C9H16O4S/c1-2-3-6-13-9(10)7-14(11,12)8-4-5-8/h8H,2-7H2,1H3. The summed E-state index contributed by atoms with van der Waals surface area (Å²) in [5.74, 6) is -1.05. The van der Waals surface area contributed by atoms with E-state index in [9.17, 15) is 13.2 Å². The van der Waals surface area contributed by atoms with Gasteiger partial charge in [-0.25, -0.2) is 8.42 Å². The Labute approximate surface area is 84.6 Å². The number of unbranched alkanes of at least 4 members (excludes halogenated alkanes) is 1. The molecule has 1 aliphatic rings. The summed E-state index contributed by atoms with van der Waals surface area (Å²) in [5.41, 5.74) is 0. The molecule has 0 spiro atoms. The van der Waals surface area contributed by atoms with Crippen molar-refractivity contribution in [1.82, 2.24) is 0 Å². The number of carbonyl (C=O) groups excluding carboxylic acids is 1. The zero-order valence-electron chi connectivity index (χ0n) is 8.36. The van der Waals surface area contributed by atoms with Crippen LogP contribution in [0.3, 0.4) is 0 Å².